The minimum absolute atomic E-state index is 0.0661. The smallest absolute Gasteiger partial charge is 0.159 e. The molecule has 3 atom stereocenters. The molecule has 3 unspecified atom stereocenters. The minimum Gasteiger partial charge on any atom is -0.299 e. The van der Waals surface area contributed by atoms with Gasteiger partial charge in [0, 0.05) is 18.3 Å². The summed E-state index contributed by atoms with van der Waals surface area (Å²) in [6, 6.07) is 0. The highest BCUT2D eigenvalue weighted by Gasteiger charge is 2.58. The molecule has 0 spiro atoms. The molecule has 2 aliphatic rings. The zero-order chi connectivity index (χ0) is 11.2. The van der Waals surface area contributed by atoms with E-state index in [-0.39, 0.29) is 23.0 Å². The third-order valence-electron chi connectivity index (χ3n) is 4.20. The van der Waals surface area contributed by atoms with Crippen LogP contribution in [0.15, 0.2) is 12.2 Å². The zero-order valence-corrected chi connectivity index (χ0v) is 9.62. The van der Waals surface area contributed by atoms with Crippen LogP contribution in [0, 0.1) is 23.2 Å². The van der Waals surface area contributed by atoms with Crippen LogP contribution >= 0.6 is 0 Å². The summed E-state index contributed by atoms with van der Waals surface area (Å²) in [5.74, 6) is 1.08. The lowest BCUT2D eigenvalue weighted by Crippen LogP contribution is -2.39. The van der Waals surface area contributed by atoms with Crippen LogP contribution in [0.25, 0.3) is 0 Å². The summed E-state index contributed by atoms with van der Waals surface area (Å²) in [7, 11) is 0. The van der Waals surface area contributed by atoms with Gasteiger partial charge >= 0.3 is 0 Å². The molecule has 2 rings (SSSR count). The van der Waals surface area contributed by atoms with Gasteiger partial charge in [-0.1, -0.05) is 19.9 Å². The molecule has 0 amide bonds. The first-order chi connectivity index (χ1) is 6.98. The Morgan fingerprint density at radius 1 is 1.47 bits per heavy atom. The first-order valence-electron chi connectivity index (χ1n) is 5.67. The molecule has 2 aliphatic carbocycles. The first kappa shape index (κ1) is 10.6. The van der Waals surface area contributed by atoms with Gasteiger partial charge in [0.2, 0.25) is 0 Å². The monoisotopic (exact) mass is 206 g/mol. The van der Waals surface area contributed by atoms with Crippen LogP contribution in [0.5, 0.6) is 0 Å². The molecular weight excluding hydrogens is 188 g/mol. The zero-order valence-electron chi connectivity index (χ0n) is 9.62. The normalized spacial score (nSPS) is 37.8. The molecule has 0 saturated heterocycles. The third-order valence-corrected chi connectivity index (χ3v) is 4.20. The van der Waals surface area contributed by atoms with Crippen molar-refractivity contribution in [1.82, 2.24) is 0 Å². The number of rotatable bonds is 2. The third kappa shape index (κ3) is 1.38. The Kier molecular flexibility index (Phi) is 2.32. The lowest BCUT2D eigenvalue weighted by Gasteiger charge is -2.35. The molecule has 2 saturated carbocycles. The Morgan fingerprint density at radius 2 is 2.13 bits per heavy atom. The van der Waals surface area contributed by atoms with Crippen molar-refractivity contribution in [1.29, 1.82) is 0 Å². The van der Waals surface area contributed by atoms with Crippen LogP contribution in [-0.2, 0) is 9.59 Å². The SMILES string of the molecule is CC=CC(=O)C1C2CC(=O)C(C2)C1(C)C. The first-order valence-corrected chi connectivity index (χ1v) is 5.67. The molecule has 2 fully saturated rings. The molecule has 0 heterocycles. The van der Waals surface area contributed by atoms with Crippen molar-refractivity contribution in [2.24, 2.45) is 23.2 Å². The van der Waals surface area contributed by atoms with E-state index in [0.717, 1.165) is 6.42 Å². The van der Waals surface area contributed by atoms with Gasteiger partial charge < -0.3 is 0 Å². The molecular formula is C13H18O2. The Labute approximate surface area is 90.7 Å². The number of carbonyl (C=O) groups excluding carboxylic acids is 2. The molecule has 2 bridgehead atoms. The summed E-state index contributed by atoms with van der Waals surface area (Å²) in [6.45, 7) is 6.00. The van der Waals surface area contributed by atoms with Crippen LogP contribution < -0.4 is 0 Å². The standard InChI is InChI=1S/C13H18O2/c1-4-5-10(14)12-8-6-9(11(15)7-8)13(12,2)3/h4-5,8-9,12H,6-7H2,1-3H3. The van der Waals surface area contributed by atoms with Crippen LogP contribution in [0.4, 0.5) is 0 Å². The number of hydrogen-bond acceptors (Lipinski definition) is 2. The van der Waals surface area contributed by atoms with Crippen molar-refractivity contribution >= 4 is 11.6 Å². The van der Waals surface area contributed by atoms with E-state index in [9.17, 15) is 9.59 Å². The number of allylic oxidation sites excluding steroid dienone is 2. The van der Waals surface area contributed by atoms with Gasteiger partial charge in [0.15, 0.2) is 5.78 Å². The van der Waals surface area contributed by atoms with Gasteiger partial charge in [-0.15, -0.1) is 0 Å². The average Bonchev–Trinajstić information content (AvgIpc) is 2.57. The van der Waals surface area contributed by atoms with Crippen LogP contribution in [0.1, 0.15) is 33.6 Å². The lowest BCUT2D eigenvalue weighted by molar-refractivity contribution is -0.132. The summed E-state index contributed by atoms with van der Waals surface area (Å²) in [4.78, 5) is 23.6. The van der Waals surface area contributed by atoms with Crippen molar-refractivity contribution in [3.63, 3.8) is 0 Å². The molecule has 2 nitrogen and oxygen atoms in total. The fourth-order valence-electron chi connectivity index (χ4n) is 3.58. The molecule has 0 aromatic carbocycles. The highest BCUT2D eigenvalue weighted by atomic mass is 16.1. The maximum absolute atomic E-state index is 12.0. The van der Waals surface area contributed by atoms with Gasteiger partial charge in [-0.05, 0) is 30.8 Å². The van der Waals surface area contributed by atoms with Crippen LogP contribution in [0.3, 0.4) is 0 Å². The number of Topliss-reactive ketones (excluding diaryl/α,β-unsaturated/α-hetero) is 1. The Bertz CT molecular complexity index is 338. The number of fused-ring (bicyclic) bond motifs is 2. The van der Waals surface area contributed by atoms with Gasteiger partial charge in [-0.2, -0.15) is 0 Å². The van der Waals surface area contributed by atoms with E-state index >= 15 is 0 Å². The van der Waals surface area contributed by atoms with E-state index in [2.05, 4.69) is 13.8 Å². The molecule has 0 aromatic rings. The second-order valence-corrected chi connectivity index (χ2v) is 5.42. The van der Waals surface area contributed by atoms with Gasteiger partial charge in [-0.3, -0.25) is 9.59 Å². The van der Waals surface area contributed by atoms with Gasteiger partial charge in [-0.25, -0.2) is 0 Å². The van der Waals surface area contributed by atoms with Crippen molar-refractivity contribution in [2.75, 3.05) is 0 Å². The van der Waals surface area contributed by atoms with Crippen molar-refractivity contribution in [3.05, 3.63) is 12.2 Å². The highest BCUT2D eigenvalue weighted by molar-refractivity contribution is 5.96. The summed E-state index contributed by atoms with van der Waals surface area (Å²) >= 11 is 0. The average molecular weight is 206 g/mol. The molecule has 0 aromatic heterocycles. The molecule has 0 radical (unpaired) electrons. The van der Waals surface area contributed by atoms with Gasteiger partial charge in [0.05, 0.1) is 0 Å². The highest BCUT2D eigenvalue weighted by Crippen LogP contribution is 2.57. The summed E-state index contributed by atoms with van der Waals surface area (Å²) < 4.78 is 0. The second kappa shape index (κ2) is 3.29. The fourth-order valence-corrected chi connectivity index (χ4v) is 3.58. The molecule has 82 valence electrons. The van der Waals surface area contributed by atoms with E-state index in [1.54, 1.807) is 12.2 Å². The Balaban J connectivity index is 2.29. The van der Waals surface area contributed by atoms with E-state index in [1.807, 2.05) is 6.92 Å². The van der Waals surface area contributed by atoms with Gasteiger partial charge in [0.1, 0.15) is 5.78 Å². The van der Waals surface area contributed by atoms with E-state index in [4.69, 9.17) is 0 Å². The van der Waals surface area contributed by atoms with Gasteiger partial charge in [0.25, 0.3) is 0 Å². The Morgan fingerprint density at radius 3 is 2.60 bits per heavy atom. The van der Waals surface area contributed by atoms with E-state index in [1.165, 1.54) is 0 Å². The van der Waals surface area contributed by atoms with Crippen LogP contribution in [0.2, 0.25) is 0 Å². The summed E-state index contributed by atoms with van der Waals surface area (Å²) in [6.07, 6.45) is 5.02. The Hall–Kier alpha value is -0.920. The van der Waals surface area contributed by atoms with Crippen molar-refractivity contribution < 1.29 is 9.59 Å². The van der Waals surface area contributed by atoms with Crippen molar-refractivity contribution in [3.8, 4) is 0 Å². The number of ketones is 2. The van der Waals surface area contributed by atoms with Crippen LogP contribution in [-0.4, -0.2) is 11.6 Å². The topological polar surface area (TPSA) is 34.1 Å². The fraction of sp³-hybridized carbons (Fsp3) is 0.692. The molecule has 0 aliphatic heterocycles. The van der Waals surface area contributed by atoms with Crippen molar-refractivity contribution in [2.45, 2.75) is 33.6 Å². The minimum atomic E-state index is -0.128. The lowest BCUT2D eigenvalue weighted by atomic mass is 9.66. The number of hydrogen-bond donors (Lipinski definition) is 0. The quantitative estimate of drug-likeness (QED) is 0.650. The summed E-state index contributed by atoms with van der Waals surface area (Å²) in [5, 5.41) is 0. The van der Waals surface area contributed by atoms with E-state index < -0.39 is 0 Å². The number of carbonyl (C=O) groups is 2. The predicted molar refractivity (Wildman–Crippen MR) is 58.3 cm³/mol. The second-order valence-electron chi connectivity index (χ2n) is 5.42. The van der Waals surface area contributed by atoms with E-state index in [0.29, 0.717) is 18.1 Å². The molecule has 15 heavy (non-hydrogen) atoms. The largest absolute Gasteiger partial charge is 0.299 e. The molecule has 2 heteroatoms. The molecule has 0 N–H and O–H groups in total. The maximum Gasteiger partial charge on any atom is 0.159 e. The predicted octanol–water partition coefficient (Wildman–Crippen LogP) is 2.38. The summed E-state index contributed by atoms with van der Waals surface area (Å²) in [5.41, 5.74) is -0.128. The maximum atomic E-state index is 12.0.